The third-order valence-electron chi connectivity index (χ3n) is 5.19. The topological polar surface area (TPSA) is 65.9 Å². The maximum atomic E-state index is 9.32. The van der Waals surface area contributed by atoms with Gasteiger partial charge < -0.3 is 20.5 Å². The van der Waals surface area contributed by atoms with Crippen molar-refractivity contribution in [3.05, 3.63) is 34.4 Å². The Bertz CT molecular complexity index is 576. The second kappa shape index (κ2) is 11.1. The number of nitrogens with zero attached hydrogens (tertiary/aromatic N) is 1. The van der Waals surface area contributed by atoms with Gasteiger partial charge in [0.25, 0.3) is 0 Å². The van der Waals surface area contributed by atoms with Crippen LogP contribution in [0.25, 0.3) is 0 Å². The Labute approximate surface area is 175 Å². The van der Waals surface area contributed by atoms with Gasteiger partial charge in [-0.05, 0) is 56.7 Å². The first-order valence-electron chi connectivity index (χ1n) is 9.19. The summed E-state index contributed by atoms with van der Waals surface area (Å²) in [6, 6.07) is 4.49. The second-order valence-corrected chi connectivity index (χ2v) is 7.26. The van der Waals surface area contributed by atoms with Crippen molar-refractivity contribution in [3.8, 4) is 0 Å². The molecule has 6 heteroatoms. The molecule has 0 bridgehead atoms. The Morgan fingerprint density at radius 2 is 1.92 bits per heavy atom. The lowest BCUT2D eigenvalue weighted by molar-refractivity contribution is 0.127. The first kappa shape index (κ1) is 23.2. The number of aliphatic imine (C=N–C) groups is 1. The molecule has 1 aliphatic heterocycles. The van der Waals surface area contributed by atoms with Gasteiger partial charge in [0.05, 0.1) is 6.61 Å². The molecule has 26 heavy (non-hydrogen) atoms. The SMILES string of the molecule is CN=C(NCCc1c(C)cc(C)cc1C)NCC1(CCO)CCOC1.I. The van der Waals surface area contributed by atoms with Crippen LogP contribution < -0.4 is 10.6 Å². The highest BCUT2D eigenvalue weighted by Crippen LogP contribution is 2.31. The minimum Gasteiger partial charge on any atom is -0.396 e. The molecule has 1 unspecified atom stereocenters. The number of hydrogen-bond donors (Lipinski definition) is 3. The molecule has 0 aromatic heterocycles. The molecule has 0 amide bonds. The minimum atomic E-state index is 0. The summed E-state index contributed by atoms with van der Waals surface area (Å²) in [5.74, 6) is 0.812. The minimum absolute atomic E-state index is 0. The van der Waals surface area contributed by atoms with Crippen molar-refractivity contribution in [2.75, 3.05) is 40.0 Å². The van der Waals surface area contributed by atoms with Gasteiger partial charge in [0, 0.05) is 38.8 Å². The average molecular weight is 475 g/mol. The van der Waals surface area contributed by atoms with Crippen molar-refractivity contribution in [2.24, 2.45) is 10.4 Å². The molecule has 0 saturated carbocycles. The summed E-state index contributed by atoms with van der Waals surface area (Å²) in [6.07, 6.45) is 2.72. The molecule has 1 atom stereocenters. The normalized spacial score (nSPS) is 20.0. The van der Waals surface area contributed by atoms with Gasteiger partial charge in [-0.3, -0.25) is 4.99 Å². The number of aliphatic hydroxyl groups excluding tert-OH is 1. The van der Waals surface area contributed by atoms with Crippen LogP contribution in [0, 0.1) is 26.2 Å². The van der Waals surface area contributed by atoms with Crippen LogP contribution in [0.4, 0.5) is 0 Å². The summed E-state index contributed by atoms with van der Waals surface area (Å²) in [5, 5.41) is 16.1. The van der Waals surface area contributed by atoms with E-state index in [4.69, 9.17) is 4.74 Å². The standard InChI is InChI=1S/C20H33N3O2.HI/c1-15-11-16(2)18(17(3)12-15)5-8-22-19(21-4)23-13-20(6-9-24)7-10-25-14-20;/h11-12,24H,5-10,13-14H2,1-4H3,(H2,21,22,23);1H. The number of nitrogens with one attached hydrogen (secondary N) is 2. The molecule has 1 aliphatic rings. The molecular formula is C20H34IN3O2. The number of aliphatic hydroxyl groups is 1. The van der Waals surface area contributed by atoms with Gasteiger partial charge in [0.1, 0.15) is 0 Å². The summed E-state index contributed by atoms with van der Waals surface area (Å²) in [7, 11) is 1.79. The molecule has 148 valence electrons. The maximum Gasteiger partial charge on any atom is 0.191 e. The van der Waals surface area contributed by atoms with E-state index in [1.807, 2.05) is 0 Å². The zero-order valence-electron chi connectivity index (χ0n) is 16.5. The van der Waals surface area contributed by atoms with E-state index in [-0.39, 0.29) is 36.0 Å². The predicted octanol–water partition coefficient (Wildman–Crippen LogP) is 2.73. The molecule has 0 aliphatic carbocycles. The summed E-state index contributed by atoms with van der Waals surface area (Å²) >= 11 is 0. The monoisotopic (exact) mass is 475 g/mol. The van der Waals surface area contributed by atoms with Gasteiger partial charge in [0.2, 0.25) is 0 Å². The number of hydrogen-bond acceptors (Lipinski definition) is 3. The molecule has 1 heterocycles. The first-order chi connectivity index (χ1) is 12.0. The second-order valence-electron chi connectivity index (χ2n) is 7.26. The van der Waals surface area contributed by atoms with Crippen molar-refractivity contribution in [2.45, 2.75) is 40.0 Å². The van der Waals surface area contributed by atoms with E-state index < -0.39 is 0 Å². The highest BCUT2D eigenvalue weighted by molar-refractivity contribution is 14.0. The van der Waals surface area contributed by atoms with Crippen LogP contribution >= 0.6 is 24.0 Å². The lowest BCUT2D eigenvalue weighted by atomic mass is 9.84. The molecule has 0 spiro atoms. The van der Waals surface area contributed by atoms with Crippen LogP contribution in [0.5, 0.6) is 0 Å². The highest BCUT2D eigenvalue weighted by atomic mass is 127. The van der Waals surface area contributed by atoms with E-state index >= 15 is 0 Å². The third kappa shape index (κ3) is 6.39. The van der Waals surface area contributed by atoms with Gasteiger partial charge in [-0.25, -0.2) is 0 Å². The van der Waals surface area contributed by atoms with Gasteiger partial charge in [-0.1, -0.05) is 17.7 Å². The number of rotatable bonds is 7. The summed E-state index contributed by atoms with van der Waals surface area (Å²) < 4.78 is 5.54. The van der Waals surface area contributed by atoms with Gasteiger partial charge in [-0.15, -0.1) is 24.0 Å². The van der Waals surface area contributed by atoms with Crippen molar-refractivity contribution >= 4 is 29.9 Å². The van der Waals surface area contributed by atoms with E-state index in [9.17, 15) is 5.11 Å². The number of benzene rings is 1. The van der Waals surface area contributed by atoms with E-state index in [2.05, 4.69) is 48.5 Å². The van der Waals surface area contributed by atoms with Gasteiger partial charge in [0.15, 0.2) is 5.96 Å². The van der Waals surface area contributed by atoms with Crippen molar-refractivity contribution in [1.29, 1.82) is 0 Å². The Balaban J connectivity index is 0.00000338. The zero-order valence-corrected chi connectivity index (χ0v) is 18.9. The Morgan fingerprint density at radius 1 is 1.23 bits per heavy atom. The van der Waals surface area contributed by atoms with Gasteiger partial charge >= 0.3 is 0 Å². The lowest BCUT2D eigenvalue weighted by Crippen LogP contribution is -2.45. The molecule has 2 rings (SSSR count). The van der Waals surface area contributed by atoms with E-state index in [1.54, 1.807) is 7.05 Å². The fraction of sp³-hybridized carbons (Fsp3) is 0.650. The Morgan fingerprint density at radius 3 is 2.46 bits per heavy atom. The van der Waals surface area contributed by atoms with E-state index in [1.165, 1.54) is 22.3 Å². The van der Waals surface area contributed by atoms with Crippen LogP contribution in [0.1, 0.15) is 35.1 Å². The largest absolute Gasteiger partial charge is 0.396 e. The van der Waals surface area contributed by atoms with Crippen LogP contribution in [-0.4, -0.2) is 51.0 Å². The lowest BCUT2D eigenvalue weighted by Gasteiger charge is -2.27. The van der Waals surface area contributed by atoms with Crippen molar-refractivity contribution in [1.82, 2.24) is 10.6 Å². The summed E-state index contributed by atoms with van der Waals surface area (Å²) in [5.41, 5.74) is 5.46. The molecule has 1 fully saturated rings. The Kier molecular flexibility index (Phi) is 9.89. The Hall–Kier alpha value is -0.860. The highest BCUT2D eigenvalue weighted by Gasteiger charge is 2.34. The molecular weight excluding hydrogens is 441 g/mol. The zero-order chi connectivity index (χ0) is 18.3. The van der Waals surface area contributed by atoms with E-state index in [0.29, 0.717) is 6.61 Å². The number of aryl methyl sites for hydroxylation is 3. The number of halogens is 1. The van der Waals surface area contributed by atoms with Crippen LogP contribution in [0.15, 0.2) is 17.1 Å². The maximum absolute atomic E-state index is 9.32. The quantitative estimate of drug-likeness (QED) is 0.323. The fourth-order valence-corrected chi connectivity index (χ4v) is 3.71. The molecule has 1 saturated heterocycles. The molecule has 1 aromatic carbocycles. The van der Waals surface area contributed by atoms with E-state index in [0.717, 1.165) is 44.9 Å². The fourth-order valence-electron chi connectivity index (χ4n) is 3.71. The third-order valence-corrected chi connectivity index (χ3v) is 5.19. The number of guanidine groups is 1. The average Bonchev–Trinajstić information content (AvgIpc) is 3.02. The molecule has 5 nitrogen and oxygen atoms in total. The molecule has 3 N–H and O–H groups in total. The van der Waals surface area contributed by atoms with Crippen LogP contribution in [0.3, 0.4) is 0 Å². The van der Waals surface area contributed by atoms with Gasteiger partial charge in [-0.2, -0.15) is 0 Å². The smallest absolute Gasteiger partial charge is 0.191 e. The number of ether oxygens (including phenoxy) is 1. The predicted molar refractivity (Wildman–Crippen MR) is 119 cm³/mol. The van der Waals surface area contributed by atoms with Crippen molar-refractivity contribution in [3.63, 3.8) is 0 Å². The summed E-state index contributed by atoms with van der Waals surface area (Å²) in [6.45, 7) is 9.80. The summed E-state index contributed by atoms with van der Waals surface area (Å²) in [4.78, 5) is 4.32. The van der Waals surface area contributed by atoms with Crippen LogP contribution in [0.2, 0.25) is 0 Å². The van der Waals surface area contributed by atoms with Crippen LogP contribution in [-0.2, 0) is 11.2 Å². The molecule has 1 aromatic rings. The molecule has 0 radical (unpaired) electrons. The van der Waals surface area contributed by atoms with Crippen molar-refractivity contribution < 1.29 is 9.84 Å². The first-order valence-corrected chi connectivity index (χ1v) is 9.19.